The number of amides is 2. The van der Waals surface area contributed by atoms with Crippen LogP contribution < -0.4 is 5.32 Å². The first-order chi connectivity index (χ1) is 14.6. The second kappa shape index (κ2) is 10.6. The fourth-order valence-corrected chi connectivity index (χ4v) is 4.00. The van der Waals surface area contributed by atoms with Crippen molar-refractivity contribution < 1.29 is 37.4 Å². The summed E-state index contributed by atoms with van der Waals surface area (Å²) in [7, 11) is 1.66. The van der Waals surface area contributed by atoms with Gasteiger partial charge in [-0.2, -0.15) is 13.2 Å². The molecule has 2 N–H and O–H groups in total. The molecular weight excluding hydrogens is 419 g/mol. The number of carbonyl (C=O) groups is 3. The standard InChI is InChI=1S/C18H25N3O3.C2HF3O2/c1-24-12-11-21-16(22)6-9-18(21)7-4-15(5-8-18)20-17(23)14-3-2-10-19-13-14;3-2(4,5)1(6)7/h2-3,10,13,15H,4-9,11-12H2,1H3,(H,20,23);(H,6,7). The highest BCUT2D eigenvalue weighted by atomic mass is 19.4. The number of carbonyl (C=O) groups excluding carboxylic acids is 2. The molecule has 31 heavy (non-hydrogen) atoms. The number of hydrogen-bond acceptors (Lipinski definition) is 5. The summed E-state index contributed by atoms with van der Waals surface area (Å²) >= 11 is 0. The maximum absolute atomic E-state index is 12.3. The van der Waals surface area contributed by atoms with Crippen LogP contribution in [0.3, 0.4) is 0 Å². The SMILES string of the molecule is COCCN1C(=O)CCC12CCC(NC(=O)c1cccnc1)CC2.O=C(O)C(F)(F)F. The lowest BCUT2D eigenvalue weighted by Crippen LogP contribution is -2.52. The Kier molecular flexibility index (Phi) is 8.37. The Balaban J connectivity index is 0.000000423. The van der Waals surface area contributed by atoms with Crippen molar-refractivity contribution in [3.8, 4) is 0 Å². The first-order valence-corrected chi connectivity index (χ1v) is 9.89. The Labute approximate surface area is 177 Å². The average molecular weight is 445 g/mol. The largest absolute Gasteiger partial charge is 0.490 e. The van der Waals surface area contributed by atoms with Crippen molar-refractivity contribution in [1.82, 2.24) is 15.2 Å². The van der Waals surface area contributed by atoms with Crippen LogP contribution >= 0.6 is 0 Å². The summed E-state index contributed by atoms with van der Waals surface area (Å²) in [5.74, 6) is -2.58. The van der Waals surface area contributed by atoms with Crippen LogP contribution in [0, 0.1) is 0 Å². The summed E-state index contributed by atoms with van der Waals surface area (Å²) in [4.78, 5) is 39.3. The number of methoxy groups -OCH3 is 1. The topological polar surface area (TPSA) is 109 Å². The van der Waals surface area contributed by atoms with Crippen LogP contribution in [0.4, 0.5) is 13.2 Å². The first-order valence-electron chi connectivity index (χ1n) is 9.89. The Morgan fingerprint density at radius 1 is 1.32 bits per heavy atom. The van der Waals surface area contributed by atoms with E-state index in [4.69, 9.17) is 14.6 Å². The van der Waals surface area contributed by atoms with Crippen LogP contribution in [0.1, 0.15) is 48.9 Å². The number of pyridine rings is 1. The number of carboxylic acid groups (broad SMARTS) is 1. The summed E-state index contributed by atoms with van der Waals surface area (Å²) in [6, 6.07) is 3.71. The zero-order valence-electron chi connectivity index (χ0n) is 17.2. The molecule has 2 heterocycles. The molecule has 0 bridgehead atoms. The number of hydrogen-bond donors (Lipinski definition) is 2. The van der Waals surface area contributed by atoms with E-state index >= 15 is 0 Å². The highest BCUT2D eigenvalue weighted by molar-refractivity contribution is 5.94. The molecule has 0 atom stereocenters. The van der Waals surface area contributed by atoms with Crippen molar-refractivity contribution in [3.05, 3.63) is 30.1 Å². The van der Waals surface area contributed by atoms with E-state index in [1.54, 1.807) is 31.6 Å². The molecule has 11 heteroatoms. The monoisotopic (exact) mass is 445 g/mol. The molecule has 2 fully saturated rings. The van der Waals surface area contributed by atoms with E-state index in [-0.39, 0.29) is 23.4 Å². The molecule has 0 unspecified atom stereocenters. The second-order valence-corrected chi connectivity index (χ2v) is 7.55. The first kappa shape index (κ1) is 24.6. The minimum atomic E-state index is -5.08. The van der Waals surface area contributed by atoms with Gasteiger partial charge < -0.3 is 20.1 Å². The zero-order chi connectivity index (χ0) is 23.1. The molecule has 0 radical (unpaired) electrons. The summed E-state index contributed by atoms with van der Waals surface area (Å²) in [6.07, 6.45) is 3.43. The number of rotatable bonds is 5. The van der Waals surface area contributed by atoms with Crippen molar-refractivity contribution in [1.29, 1.82) is 0 Å². The third-order valence-electron chi connectivity index (χ3n) is 5.61. The van der Waals surface area contributed by atoms with Crippen molar-refractivity contribution in [2.24, 2.45) is 0 Å². The molecule has 1 saturated heterocycles. The minimum Gasteiger partial charge on any atom is -0.475 e. The average Bonchev–Trinajstić information content (AvgIpc) is 3.03. The van der Waals surface area contributed by atoms with E-state index in [1.807, 2.05) is 4.90 Å². The lowest BCUT2D eigenvalue weighted by Gasteiger charge is -2.44. The van der Waals surface area contributed by atoms with E-state index in [0.29, 0.717) is 25.1 Å². The van der Waals surface area contributed by atoms with Crippen molar-refractivity contribution >= 4 is 17.8 Å². The molecule has 8 nitrogen and oxygen atoms in total. The maximum Gasteiger partial charge on any atom is 0.490 e. The smallest absolute Gasteiger partial charge is 0.475 e. The van der Waals surface area contributed by atoms with Crippen molar-refractivity contribution in [3.63, 3.8) is 0 Å². The van der Waals surface area contributed by atoms with Crippen LogP contribution in [-0.4, -0.2) is 70.8 Å². The van der Waals surface area contributed by atoms with Crippen molar-refractivity contribution in [2.75, 3.05) is 20.3 Å². The van der Waals surface area contributed by atoms with Gasteiger partial charge in [-0.1, -0.05) is 0 Å². The van der Waals surface area contributed by atoms with Gasteiger partial charge in [-0.05, 0) is 44.2 Å². The van der Waals surface area contributed by atoms with Gasteiger partial charge in [-0.3, -0.25) is 14.6 Å². The predicted octanol–water partition coefficient (Wildman–Crippen LogP) is 2.39. The van der Waals surface area contributed by atoms with Gasteiger partial charge in [-0.25, -0.2) is 4.79 Å². The normalized spacial score (nSPS) is 23.3. The van der Waals surface area contributed by atoms with Gasteiger partial charge in [0, 0.05) is 44.0 Å². The third-order valence-corrected chi connectivity index (χ3v) is 5.61. The summed E-state index contributed by atoms with van der Waals surface area (Å²) in [5, 5.41) is 10.2. The molecule has 1 aromatic rings. The van der Waals surface area contributed by atoms with Gasteiger partial charge >= 0.3 is 12.1 Å². The van der Waals surface area contributed by atoms with Crippen molar-refractivity contribution in [2.45, 2.75) is 56.3 Å². The molecule has 172 valence electrons. The molecule has 3 rings (SSSR count). The highest BCUT2D eigenvalue weighted by Gasteiger charge is 2.46. The number of halogens is 3. The fourth-order valence-electron chi connectivity index (χ4n) is 4.00. The van der Waals surface area contributed by atoms with Gasteiger partial charge in [0.25, 0.3) is 5.91 Å². The quantitative estimate of drug-likeness (QED) is 0.721. The zero-order valence-corrected chi connectivity index (χ0v) is 17.2. The minimum absolute atomic E-state index is 0.0227. The van der Waals surface area contributed by atoms with Crippen LogP contribution in [0.15, 0.2) is 24.5 Å². The predicted molar refractivity (Wildman–Crippen MR) is 103 cm³/mol. The number of carboxylic acids is 1. The van der Waals surface area contributed by atoms with Gasteiger partial charge in [-0.15, -0.1) is 0 Å². The Morgan fingerprint density at radius 2 is 1.97 bits per heavy atom. The molecule has 0 aromatic carbocycles. The van der Waals surface area contributed by atoms with E-state index in [1.165, 1.54) is 0 Å². The number of alkyl halides is 3. The summed E-state index contributed by atoms with van der Waals surface area (Å²) < 4.78 is 36.9. The molecule has 1 spiro atoms. The number of aromatic nitrogens is 1. The fraction of sp³-hybridized carbons (Fsp3) is 0.600. The van der Waals surface area contributed by atoms with Crippen LogP contribution in [0.2, 0.25) is 0 Å². The lowest BCUT2D eigenvalue weighted by molar-refractivity contribution is -0.192. The highest BCUT2D eigenvalue weighted by Crippen LogP contribution is 2.42. The van der Waals surface area contributed by atoms with Crippen LogP contribution in [0.25, 0.3) is 0 Å². The molecule has 2 aliphatic rings. The number of likely N-dealkylation sites (tertiary alicyclic amines) is 1. The van der Waals surface area contributed by atoms with E-state index < -0.39 is 12.1 Å². The van der Waals surface area contributed by atoms with Crippen LogP contribution in [-0.2, 0) is 14.3 Å². The Hall–Kier alpha value is -2.69. The van der Waals surface area contributed by atoms with E-state index in [2.05, 4.69) is 10.3 Å². The van der Waals surface area contributed by atoms with Crippen LogP contribution in [0.5, 0.6) is 0 Å². The number of aliphatic carboxylic acids is 1. The van der Waals surface area contributed by atoms with Gasteiger partial charge in [0.15, 0.2) is 0 Å². The number of nitrogens with zero attached hydrogens (tertiary/aromatic N) is 2. The number of ether oxygens (including phenoxy) is 1. The van der Waals surface area contributed by atoms with Gasteiger partial charge in [0.2, 0.25) is 5.91 Å². The Bertz CT molecular complexity index is 765. The van der Waals surface area contributed by atoms with E-state index in [9.17, 15) is 22.8 Å². The molecule has 1 saturated carbocycles. The summed E-state index contributed by atoms with van der Waals surface area (Å²) in [5.41, 5.74) is 0.570. The molecule has 1 aromatic heterocycles. The number of nitrogens with one attached hydrogen (secondary N) is 1. The maximum atomic E-state index is 12.3. The third kappa shape index (κ3) is 6.65. The van der Waals surface area contributed by atoms with Gasteiger partial charge in [0.1, 0.15) is 0 Å². The molecular formula is C20H26F3N3O5. The molecule has 2 amide bonds. The lowest BCUT2D eigenvalue weighted by atomic mass is 9.77. The molecule has 1 aliphatic heterocycles. The van der Waals surface area contributed by atoms with Gasteiger partial charge in [0.05, 0.1) is 12.2 Å². The Morgan fingerprint density at radius 3 is 2.48 bits per heavy atom. The molecule has 1 aliphatic carbocycles. The summed E-state index contributed by atoms with van der Waals surface area (Å²) in [6.45, 7) is 1.25. The second-order valence-electron chi connectivity index (χ2n) is 7.55. The van der Waals surface area contributed by atoms with E-state index in [0.717, 1.165) is 32.1 Å².